The lowest BCUT2D eigenvalue weighted by Gasteiger charge is -2.16. The Kier molecular flexibility index (Phi) is 6.20. The molecule has 3 N–H and O–H groups in total. The number of hydrogen-bond acceptors (Lipinski definition) is 7. The van der Waals surface area contributed by atoms with Crippen molar-refractivity contribution in [3.8, 4) is 0 Å². The van der Waals surface area contributed by atoms with Gasteiger partial charge in [0.1, 0.15) is 5.82 Å². The average molecular weight is 425 g/mol. The normalized spacial score (nSPS) is 13.5. The van der Waals surface area contributed by atoms with Gasteiger partial charge in [-0.15, -0.1) is 10.2 Å². The summed E-state index contributed by atoms with van der Waals surface area (Å²) in [5, 5.41) is 14.4. The van der Waals surface area contributed by atoms with Gasteiger partial charge in [0.15, 0.2) is 5.82 Å². The Bertz CT molecular complexity index is 1090. The third-order valence-corrected chi connectivity index (χ3v) is 6.43. The highest BCUT2D eigenvalue weighted by molar-refractivity contribution is 7.89. The Hall–Kier alpha value is -3.04. The first-order valence-electron chi connectivity index (χ1n) is 9.96. The van der Waals surface area contributed by atoms with Crippen LogP contribution in [0.1, 0.15) is 24.0 Å². The molecule has 8 nitrogen and oxygen atoms in total. The van der Waals surface area contributed by atoms with Crippen molar-refractivity contribution in [1.29, 1.82) is 0 Å². The average Bonchev–Trinajstić information content (AvgIpc) is 2.78. The molecule has 9 heteroatoms. The van der Waals surface area contributed by atoms with Gasteiger partial charge < -0.3 is 10.6 Å². The molecular formula is C21H24N6O2S. The zero-order valence-corrected chi connectivity index (χ0v) is 17.3. The van der Waals surface area contributed by atoms with Crippen molar-refractivity contribution < 1.29 is 8.42 Å². The standard InChI is InChI=1S/C21H24N6O2S/c28-30(29,19-6-5-16-3-1-2-4-17(16)15-19)24-14-13-23-20-7-8-21(27-26-20)25-18-9-11-22-12-10-18/h5-12,15,24H,1-4,13-14H2,(H,23,26)(H,22,25,27). The largest absolute Gasteiger partial charge is 0.367 e. The van der Waals surface area contributed by atoms with Gasteiger partial charge in [-0.25, -0.2) is 13.1 Å². The molecule has 1 aliphatic carbocycles. The van der Waals surface area contributed by atoms with E-state index in [4.69, 9.17) is 0 Å². The van der Waals surface area contributed by atoms with Gasteiger partial charge in [0.25, 0.3) is 0 Å². The highest BCUT2D eigenvalue weighted by Gasteiger charge is 2.17. The van der Waals surface area contributed by atoms with Gasteiger partial charge in [0.2, 0.25) is 10.0 Å². The van der Waals surface area contributed by atoms with Crippen molar-refractivity contribution >= 4 is 27.3 Å². The van der Waals surface area contributed by atoms with Crippen LogP contribution in [0.3, 0.4) is 0 Å². The van der Waals surface area contributed by atoms with Crippen LogP contribution in [0, 0.1) is 0 Å². The predicted molar refractivity (Wildman–Crippen MR) is 116 cm³/mol. The minimum absolute atomic E-state index is 0.248. The van der Waals surface area contributed by atoms with E-state index in [2.05, 4.69) is 30.5 Å². The van der Waals surface area contributed by atoms with Crippen LogP contribution in [0.4, 0.5) is 17.3 Å². The molecule has 0 spiro atoms. The van der Waals surface area contributed by atoms with E-state index in [1.807, 2.05) is 24.3 Å². The Balaban J connectivity index is 1.27. The second-order valence-corrected chi connectivity index (χ2v) is 8.89. The second kappa shape index (κ2) is 9.19. The molecule has 0 radical (unpaired) electrons. The van der Waals surface area contributed by atoms with Crippen LogP contribution in [0.2, 0.25) is 0 Å². The number of fused-ring (bicyclic) bond motifs is 1. The highest BCUT2D eigenvalue weighted by Crippen LogP contribution is 2.24. The van der Waals surface area contributed by atoms with E-state index in [1.165, 1.54) is 12.0 Å². The Labute approximate surface area is 176 Å². The maximum Gasteiger partial charge on any atom is 0.240 e. The summed E-state index contributed by atoms with van der Waals surface area (Å²) < 4.78 is 27.8. The van der Waals surface area contributed by atoms with E-state index in [9.17, 15) is 8.42 Å². The quantitative estimate of drug-likeness (QED) is 0.477. The molecule has 0 unspecified atom stereocenters. The van der Waals surface area contributed by atoms with E-state index in [0.717, 1.165) is 30.5 Å². The Morgan fingerprint density at radius 3 is 2.33 bits per heavy atom. The van der Waals surface area contributed by atoms with Crippen molar-refractivity contribution in [3.05, 3.63) is 66.0 Å². The topological polar surface area (TPSA) is 109 Å². The predicted octanol–water partition coefficient (Wildman–Crippen LogP) is 2.88. The Morgan fingerprint density at radius 2 is 1.57 bits per heavy atom. The lowest BCUT2D eigenvalue weighted by molar-refractivity contribution is 0.582. The molecule has 0 aliphatic heterocycles. The van der Waals surface area contributed by atoms with Crippen LogP contribution in [-0.4, -0.2) is 36.7 Å². The lowest BCUT2D eigenvalue weighted by atomic mass is 9.92. The lowest BCUT2D eigenvalue weighted by Crippen LogP contribution is -2.29. The smallest absolute Gasteiger partial charge is 0.240 e. The first-order valence-corrected chi connectivity index (χ1v) is 11.4. The number of rotatable bonds is 8. The van der Waals surface area contributed by atoms with Gasteiger partial charge in [-0.2, -0.15) is 0 Å². The number of pyridine rings is 1. The molecule has 0 amide bonds. The zero-order chi connectivity index (χ0) is 20.8. The van der Waals surface area contributed by atoms with Crippen LogP contribution in [-0.2, 0) is 22.9 Å². The van der Waals surface area contributed by atoms with Crippen LogP contribution in [0.5, 0.6) is 0 Å². The maximum absolute atomic E-state index is 12.6. The monoisotopic (exact) mass is 424 g/mol. The summed E-state index contributed by atoms with van der Waals surface area (Å²) in [5.74, 6) is 1.18. The molecule has 1 aliphatic rings. The van der Waals surface area contributed by atoms with Gasteiger partial charge in [-0.3, -0.25) is 4.98 Å². The summed E-state index contributed by atoms with van der Waals surface area (Å²) in [7, 11) is -3.53. The van der Waals surface area contributed by atoms with Crippen molar-refractivity contribution in [2.75, 3.05) is 23.7 Å². The molecule has 156 valence electrons. The molecule has 2 heterocycles. The summed E-state index contributed by atoms with van der Waals surface area (Å²) in [5.41, 5.74) is 3.29. The number of aromatic nitrogens is 3. The fourth-order valence-corrected chi connectivity index (χ4v) is 4.49. The molecule has 4 rings (SSSR count). The molecule has 0 fully saturated rings. The van der Waals surface area contributed by atoms with Crippen LogP contribution in [0.15, 0.2) is 59.8 Å². The summed E-state index contributed by atoms with van der Waals surface area (Å²) in [6.07, 6.45) is 7.65. The van der Waals surface area contributed by atoms with Gasteiger partial charge in [0.05, 0.1) is 4.90 Å². The number of aryl methyl sites for hydroxylation is 2. The highest BCUT2D eigenvalue weighted by atomic mass is 32.2. The van der Waals surface area contributed by atoms with Crippen LogP contribution >= 0.6 is 0 Å². The number of hydrogen-bond donors (Lipinski definition) is 3. The van der Waals surface area contributed by atoms with E-state index in [-0.39, 0.29) is 6.54 Å². The molecule has 0 saturated heterocycles. The van der Waals surface area contributed by atoms with E-state index in [0.29, 0.717) is 23.1 Å². The molecule has 0 bridgehead atoms. The zero-order valence-electron chi connectivity index (χ0n) is 16.5. The molecule has 1 aromatic carbocycles. The Morgan fingerprint density at radius 1 is 0.833 bits per heavy atom. The molecule has 30 heavy (non-hydrogen) atoms. The van der Waals surface area contributed by atoms with Gasteiger partial charge in [0, 0.05) is 31.2 Å². The summed E-state index contributed by atoms with van der Waals surface area (Å²) >= 11 is 0. The molecule has 2 aromatic heterocycles. The number of benzene rings is 1. The minimum Gasteiger partial charge on any atom is -0.367 e. The van der Waals surface area contributed by atoms with E-state index >= 15 is 0 Å². The SMILES string of the molecule is O=S(=O)(NCCNc1ccc(Nc2ccncc2)nn1)c1ccc2c(c1)CCCC2. The molecule has 0 atom stereocenters. The molecule has 3 aromatic rings. The summed E-state index contributed by atoms with van der Waals surface area (Å²) in [6.45, 7) is 0.647. The number of anilines is 3. The van der Waals surface area contributed by atoms with Gasteiger partial charge in [-0.05, 0) is 73.2 Å². The second-order valence-electron chi connectivity index (χ2n) is 7.13. The van der Waals surface area contributed by atoms with E-state index < -0.39 is 10.0 Å². The van der Waals surface area contributed by atoms with Crippen molar-refractivity contribution in [2.24, 2.45) is 0 Å². The molecule has 0 saturated carbocycles. The van der Waals surface area contributed by atoms with E-state index in [1.54, 1.807) is 30.6 Å². The van der Waals surface area contributed by atoms with Crippen molar-refractivity contribution in [3.63, 3.8) is 0 Å². The summed E-state index contributed by atoms with van der Waals surface area (Å²) in [4.78, 5) is 4.29. The first kappa shape index (κ1) is 20.2. The molecular weight excluding hydrogens is 400 g/mol. The first-order chi connectivity index (χ1) is 14.6. The van der Waals surface area contributed by atoms with Crippen molar-refractivity contribution in [1.82, 2.24) is 19.9 Å². The fraction of sp³-hybridized carbons (Fsp3) is 0.286. The van der Waals surface area contributed by atoms with Gasteiger partial charge in [-0.1, -0.05) is 6.07 Å². The summed E-state index contributed by atoms with van der Waals surface area (Å²) in [6, 6.07) is 12.7. The number of nitrogens with zero attached hydrogens (tertiary/aromatic N) is 3. The fourth-order valence-electron chi connectivity index (χ4n) is 3.41. The maximum atomic E-state index is 12.6. The third kappa shape index (κ3) is 5.11. The number of sulfonamides is 1. The van der Waals surface area contributed by atoms with Crippen LogP contribution in [0.25, 0.3) is 0 Å². The van der Waals surface area contributed by atoms with Crippen molar-refractivity contribution in [2.45, 2.75) is 30.6 Å². The number of nitrogens with one attached hydrogen (secondary N) is 3. The minimum atomic E-state index is -3.53. The van der Waals surface area contributed by atoms with Crippen LogP contribution < -0.4 is 15.4 Å². The third-order valence-electron chi connectivity index (χ3n) is 4.97. The van der Waals surface area contributed by atoms with Gasteiger partial charge >= 0.3 is 0 Å².